The molecule has 106 valence electrons. The Balaban J connectivity index is 2.25. The average Bonchev–Trinajstić information content (AvgIpc) is 2.48. The lowest BCUT2D eigenvalue weighted by Crippen LogP contribution is -2.21. The van der Waals surface area contributed by atoms with Crippen molar-refractivity contribution in [3.63, 3.8) is 0 Å². The molecule has 2 N–H and O–H groups in total. The van der Waals surface area contributed by atoms with Gasteiger partial charge in [0.2, 0.25) is 0 Å². The molecule has 0 aliphatic carbocycles. The Labute approximate surface area is 120 Å². The van der Waals surface area contributed by atoms with E-state index in [0.717, 1.165) is 11.1 Å². The summed E-state index contributed by atoms with van der Waals surface area (Å²) in [6.45, 7) is 1.76. The molecule has 2 rings (SSSR count). The summed E-state index contributed by atoms with van der Waals surface area (Å²) >= 11 is 0. The van der Waals surface area contributed by atoms with E-state index in [2.05, 4.69) is 0 Å². The quantitative estimate of drug-likeness (QED) is 0.845. The molecule has 2 atom stereocenters. The van der Waals surface area contributed by atoms with Crippen LogP contribution in [0, 0.1) is 0 Å². The van der Waals surface area contributed by atoms with Crippen LogP contribution in [0.1, 0.15) is 36.8 Å². The molecule has 2 unspecified atom stereocenters. The fourth-order valence-corrected chi connectivity index (χ4v) is 2.54. The first kappa shape index (κ1) is 14.8. The Morgan fingerprint density at radius 2 is 1.20 bits per heavy atom. The van der Waals surface area contributed by atoms with Gasteiger partial charge in [-0.15, -0.1) is 0 Å². The van der Waals surface area contributed by atoms with E-state index in [9.17, 15) is 10.2 Å². The zero-order chi connectivity index (χ0) is 14.4. The first-order valence-electron chi connectivity index (χ1n) is 7.14. The highest BCUT2D eigenvalue weighted by Gasteiger charge is 2.22. The molecule has 2 nitrogen and oxygen atoms in total. The molecule has 2 heteroatoms. The standard InChI is InChI=1S/C18H22O2/c1-14(19)12-13-17(20)18(15-8-4-2-5-9-15)16-10-6-3-7-11-16/h2-11,14,17-20H,12-13H2,1H3. The Morgan fingerprint density at radius 3 is 1.60 bits per heavy atom. The highest BCUT2D eigenvalue weighted by Crippen LogP contribution is 2.30. The van der Waals surface area contributed by atoms with Gasteiger partial charge in [-0.2, -0.15) is 0 Å². The summed E-state index contributed by atoms with van der Waals surface area (Å²) in [5.41, 5.74) is 2.22. The molecule has 0 amide bonds. The fraction of sp³-hybridized carbons (Fsp3) is 0.333. The summed E-state index contributed by atoms with van der Waals surface area (Å²) in [7, 11) is 0. The maximum absolute atomic E-state index is 10.6. The molecule has 0 aliphatic heterocycles. The molecule has 0 radical (unpaired) electrons. The zero-order valence-corrected chi connectivity index (χ0v) is 11.8. The number of rotatable bonds is 6. The number of aliphatic hydroxyl groups is 2. The molecule has 20 heavy (non-hydrogen) atoms. The van der Waals surface area contributed by atoms with Gasteiger partial charge in [-0.25, -0.2) is 0 Å². The van der Waals surface area contributed by atoms with Crippen LogP contribution in [-0.2, 0) is 0 Å². The van der Waals surface area contributed by atoms with Crippen molar-refractivity contribution in [2.75, 3.05) is 0 Å². The third kappa shape index (κ3) is 3.92. The molecule has 0 saturated carbocycles. The fourth-order valence-electron chi connectivity index (χ4n) is 2.54. The Bertz CT molecular complexity index is 454. The van der Waals surface area contributed by atoms with Crippen molar-refractivity contribution in [3.8, 4) is 0 Å². The van der Waals surface area contributed by atoms with E-state index < -0.39 is 6.10 Å². The second-order valence-corrected chi connectivity index (χ2v) is 5.29. The maximum Gasteiger partial charge on any atom is 0.0650 e. The predicted molar refractivity (Wildman–Crippen MR) is 81.6 cm³/mol. The highest BCUT2D eigenvalue weighted by molar-refractivity contribution is 5.33. The molecule has 0 fully saturated rings. The minimum absolute atomic E-state index is 0.0452. The van der Waals surface area contributed by atoms with Gasteiger partial charge in [0.05, 0.1) is 12.2 Å². The number of aliphatic hydroxyl groups excluding tert-OH is 2. The van der Waals surface area contributed by atoms with E-state index in [4.69, 9.17) is 0 Å². The highest BCUT2D eigenvalue weighted by atomic mass is 16.3. The lowest BCUT2D eigenvalue weighted by atomic mass is 9.84. The van der Waals surface area contributed by atoms with Gasteiger partial charge in [0, 0.05) is 5.92 Å². The van der Waals surface area contributed by atoms with Crippen LogP contribution in [0.2, 0.25) is 0 Å². The van der Waals surface area contributed by atoms with Gasteiger partial charge in [-0.05, 0) is 30.9 Å². The van der Waals surface area contributed by atoms with Crippen LogP contribution in [-0.4, -0.2) is 22.4 Å². The predicted octanol–water partition coefficient (Wildman–Crippen LogP) is 3.34. The van der Waals surface area contributed by atoms with Crippen LogP contribution in [0.15, 0.2) is 60.7 Å². The second-order valence-electron chi connectivity index (χ2n) is 5.29. The summed E-state index contributed by atoms with van der Waals surface area (Å²) in [6, 6.07) is 20.1. The lowest BCUT2D eigenvalue weighted by Gasteiger charge is -2.24. The molecular weight excluding hydrogens is 248 g/mol. The minimum atomic E-state index is -0.491. The Kier molecular flexibility index (Phi) is 5.33. The van der Waals surface area contributed by atoms with E-state index in [0.29, 0.717) is 12.8 Å². The van der Waals surface area contributed by atoms with Crippen molar-refractivity contribution >= 4 is 0 Å². The summed E-state index contributed by atoms with van der Waals surface area (Å²) in [5.74, 6) is -0.0452. The van der Waals surface area contributed by atoms with Gasteiger partial charge in [0.1, 0.15) is 0 Å². The van der Waals surface area contributed by atoms with Crippen LogP contribution in [0.5, 0.6) is 0 Å². The Hall–Kier alpha value is -1.64. The molecule has 0 saturated heterocycles. The van der Waals surface area contributed by atoms with Crippen LogP contribution in [0.4, 0.5) is 0 Å². The maximum atomic E-state index is 10.6. The summed E-state index contributed by atoms with van der Waals surface area (Å²) < 4.78 is 0. The SMILES string of the molecule is CC(O)CCC(O)C(c1ccccc1)c1ccccc1. The number of hydrogen-bond donors (Lipinski definition) is 2. The lowest BCUT2D eigenvalue weighted by molar-refractivity contribution is 0.112. The van der Waals surface area contributed by atoms with Crippen LogP contribution >= 0.6 is 0 Å². The van der Waals surface area contributed by atoms with E-state index >= 15 is 0 Å². The van der Waals surface area contributed by atoms with Crippen LogP contribution < -0.4 is 0 Å². The van der Waals surface area contributed by atoms with Crippen LogP contribution in [0.25, 0.3) is 0 Å². The van der Waals surface area contributed by atoms with E-state index in [1.54, 1.807) is 6.92 Å². The van der Waals surface area contributed by atoms with Gasteiger partial charge in [0.15, 0.2) is 0 Å². The van der Waals surface area contributed by atoms with E-state index in [1.165, 1.54) is 0 Å². The topological polar surface area (TPSA) is 40.5 Å². The minimum Gasteiger partial charge on any atom is -0.393 e. The monoisotopic (exact) mass is 270 g/mol. The molecule has 0 aromatic heterocycles. The normalized spacial score (nSPS) is 14.2. The van der Waals surface area contributed by atoms with Crippen molar-refractivity contribution in [2.45, 2.75) is 37.9 Å². The van der Waals surface area contributed by atoms with Gasteiger partial charge in [-0.3, -0.25) is 0 Å². The van der Waals surface area contributed by atoms with Crippen molar-refractivity contribution in [1.29, 1.82) is 0 Å². The first-order chi connectivity index (χ1) is 9.68. The molecular formula is C18H22O2. The van der Waals surface area contributed by atoms with E-state index in [-0.39, 0.29) is 12.0 Å². The largest absolute Gasteiger partial charge is 0.393 e. The van der Waals surface area contributed by atoms with E-state index in [1.807, 2.05) is 60.7 Å². The molecule has 2 aromatic carbocycles. The van der Waals surface area contributed by atoms with Crippen molar-refractivity contribution in [1.82, 2.24) is 0 Å². The third-order valence-corrected chi connectivity index (χ3v) is 3.58. The van der Waals surface area contributed by atoms with Gasteiger partial charge < -0.3 is 10.2 Å². The molecule has 0 spiro atoms. The van der Waals surface area contributed by atoms with Crippen LogP contribution in [0.3, 0.4) is 0 Å². The summed E-state index contributed by atoms with van der Waals surface area (Å²) in [6.07, 6.45) is 0.329. The van der Waals surface area contributed by atoms with Gasteiger partial charge in [-0.1, -0.05) is 60.7 Å². The molecule has 2 aromatic rings. The van der Waals surface area contributed by atoms with Crippen molar-refractivity contribution < 1.29 is 10.2 Å². The van der Waals surface area contributed by atoms with Gasteiger partial charge in [0.25, 0.3) is 0 Å². The Morgan fingerprint density at radius 1 is 0.750 bits per heavy atom. The summed E-state index contributed by atoms with van der Waals surface area (Å²) in [5, 5.41) is 20.0. The van der Waals surface area contributed by atoms with Crippen molar-refractivity contribution in [3.05, 3.63) is 71.8 Å². The first-order valence-corrected chi connectivity index (χ1v) is 7.14. The number of hydrogen-bond acceptors (Lipinski definition) is 2. The average molecular weight is 270 g/mol. The zero-order valence-electron chi connectivity index (χ0n) is 11.8. The molecule has 0 heterocycles. The smallest absolute Gasteiger partial charge is 0.0650 e. The number of benzene rings is 2. The molecule has 0 aliphatic rings. The van der Waals surface area contributed by atoms with Gasteiger partial charge >= 0.3 is 0 Å². The second kappa shape index (κ2) is 7.22. The summed E-state index contributed by atoms with van der Waals surface area (Å²) in [4.78, 5) is 0. The van der Waals surface area contributed by atoms with Crippen molar-refractivity contribution in [2.24, 2.45) is 0 Å². The molecule has 0 bridgehead atoms. The third-order valence-electron chi connectivity index (χ3n) is 3.58.